The Hall–Kier alpha value is -2.09. The van der Waals surface area contributed by atoms with Crippen LogP contribution in [-0.2, 0) is 0 Å². The molecule has 0 saturated carbocycles. The van der Waals surface area contributed by atoms with Crippen molar-refractivity contribution in [3.63, 3.8) is 0 Å². The average molecular weight is 280 g/mol. The summed E-state index contributed by atoms with van der Waals surface area (Å²) in [6.45, 7) is 0.786. The molecule has 1 aliphatic heterocycles. The molecule has 2 aromatic carbocycles. The maximum atomic E-state index is 12.1. The highest BCUT2D eigenvalue weighted by Crippen LogP contribution is 2.36. The van der Waals surface area contributed by atoms with Gasteiger partial charge >= 0.3 is 0 Å². The first-order valence-corrected chi connectivity index (χ1v) is 7.64. The molecule has 1 atom stereocenters. The van der Waals surface area contributed by atoms with E-state index in [0.29, 0.717) is 12.3 Å². The number of hydrogen-bond donors (Lipinski definition) is 0. The molecule has 0 spiro atoms. The summed E-state index contributed by atoms with van der Waals surface area (Å²) in [4.78, 5) is 12.1. The first-order chi connectivity index (χ1) is 10.3. The molecule has 108 valence electrons. The third-order valence-corrected chi connectivity index (χ3v) is 4.13. The zero-order chi connectivity index (χ0) is 14.5. The van der Waals surface area contributed by atoms with Crippen LogP contribution in [0.3, 0.4) is 0 Å². The normalized spacial score (nSPS) is 16.9. The Kier molecular flexibility index (Phi) is 4.34. The Morgan fingerprint density at radius 3 is 2.67 bits per heavy atom. The summed E-state index contributed by atoms with van der Waals surface area (Å²) in [5, 5.41) is 0. The van der Waals surface area contributed by atoms with Gasteiger partial charge in [-0.2, -0.15) is 0 Å². The van der Waals surface area contributed by atoms with Crippen LogP contribution in [0.5, 0.6) is 5.75 Å². The van der Waals surface area contributed by atoms with E-state index in [-0.39, 0.29) is 5.78 Å². The molecule has 2 heteroatoms. The van der Waals surface area contributed by atoms with E-state index in [1.165, 1.54) is 5.56 Å². The molecular formula is C19H20O2. The van der Waals surface area contributed by atoms with Crippen molar-refractivity contribution < 1.29 is 9.53 Å². The van der Waals surface area contributed by atoms with E-state index in [9.17, 15) is 4.79 Å². The number of ether oxygens (including phenoxy) is 1. The molecule has 0 aliphatic carbocycles. The summed E-state index contributed by atoms with van der Waals surface area (Å²) in [6, 6.07) is 17.8. The lowest BCUT2D eigenvalue weighted by Crippen LogP contribution is -2.14. The van der Waals surface area contributed by atoms with Crippen molar-refractivity contribution in [2.24, 2.45) is 0 Å². The van der Waals surface area contributed by atoms with Gasteiger partial charge < -0.3 is 4.74 Å². The summed E-state index contributed by atoms with van der Waals surface area (Å²) in [5.74, 6) is 1.79. The Labute approximate surface area is 125 Å². The number of rotatable bonds is 5. The van der Waals surface area contributed by atoms with Crippen molar-refractivity contribution >= 4 is 5.78 Å². The molecule has 1 unspecified atom stereocenters. The second-order valence-corrected chi connectivity index (χ2v) is 5.55. The number of Topliss-reactive ketones (excluding diaryl/α,β-unsaturated/α-hetero) is 1. The molecular weight excluding hydrogens is 260 g/mol. The largest absolute Gasteiger partial charge is 0.493 e. The summed E-state index contributed by atoms with van der Waals surface area (Å²) in [5.41, 5.74) is 2.13. The molecule has 2 aromatic rings. The summed E-state index contributed by atoms with van der Waals surface area (Å²) < 4.78 is 5.68. The minimum atomic E-state index is 0.246. The third-order valence-electron chi connectivity index (χ3n) is 4.13. The van der Waals surface area contributed by atoms with Gasteiger partial charge in [0.05, 0.1) is 6.61 Å². The van der Waals surface area contributed by atoms with Gasteiger partial charge in [0, 0.05) is 12.0 Å². The smallest absolute Gasteiger partial charge is 0.162 e. The van der Waals surface area contributed by atoms with Gasteiger partial charge in [0.2, 0.25) is 0 Å². The number of fused-ring (bicyclic) bond motifs is 1. The molecule has 0 radical (unpaired) electrons. The number of carbonyl (C=O) groups is 1. The van der Waals surface area contributed by atoms with E-state index in [0.717, 1.165) is 37.2 Å². The zero-order valence-corrected chi connectivity index (χ0v) is 12.1. The fraction of sp³-hybridized carbons (Fsp3) is 0.316. The Morgan fingerprint density at radius 2 is 1.81 bits per heavy atom. The molecule has 0 bridgehead atoms. The van der Waals surface area contributed by atoms with Gasteiger partial charge in [-0.15, -0.1) is 0 Å². The quantitative estimate of drug-likeness (QED) is 0.748. The van der Waals surface area contributed by atoms with E-state index in [1.54, 1.807) is 0 Å². The van der Waals surface area contributed by atoms with Crippen LogP contribution in [0.25, 0.3) is 0 Å². The number of carbonyl (C=O) groups excluding carboxylic acids is 1. The second kappa shape index (κ2) is 6.57. The second-order valence-electron chi connectivity index (χ2n) is 5.55. The third kappa shape index (κ3) is 3.33. The SMILES string of the molecule is O=C(CCCC1CCOc2ccccc21)c1ccccc1. The van der Waals surface area contributed by atoms with Gasteiger partial charge in [0.25, 0.3) is 0 Å². The van der Waals surface area contributed by atoms with Gasteiger partial charge in [0.15, 0.2) is 5.78 Å². The van der Waals surface area contributed by atoms with E-state index >= 15 is 0 Å². The molecule has 0 saturated heterocycles. The van der Waals surface area contributed by atoms with Gasteiger partial charge in [-0.25, -0.2) is 0 Å². The van der Waals surface area contributed by atoms with Crippen LogP contribution in [0.1, 0.15) is 47.5 Å². The summed E-state index contributed by atoms with van der Waals surface area (Å²) in [6.07, 6.45) is 3.67. The zero-order valence-electron chi connectivity index (χ0n) is 12.1. The molecule has 1 aliphatic rings. The van der Waals surface area contributed by atoms with Crippen molar-refractivity contribution in [1.29, 1.82) is 0 Å². The highest BCUT2D eigenvalue weighted by molar-refractivity contribution is 5.95. The van der Waals surface area contributed by atoms with Crippen LogP contribution in [-0.4, -0.2) is 12.4 Å². The maximum absolute atomic E-state index is 12.1. The van der Waals surface area contributed by atoms with Crippen molar-refractivity contribution in [3.05, 3.63) is 65.7 Å². The molecule has 21 heavy (non-hydrogen) atoms. The molecule has 1 heterocycles. The van der Waals surface area contributed by atoms with Gasteiger partial charge in [-0.05, 0) is 36.8 Å². The Morgan fingerprint density at radius 1 is 1.05 bits per heavy atom. The topological polar surface area (TPSA) is 26.3 Å². The molecule has 0 fully saturated rings. The first kappa shape index (κ1) is 13.9. The fourth-order valence-corrected chi connectivity index (χ4v) is 2.99. The van der Waals surface area contributed by atoms with Crippen LogP contribution in [0.15, 0.2) is 54.6 Å². The lowest BCUT2D eigenvalue weighted by atomic mass is 9.88. The average Bonchev–Trinajstić information content (AvgIpc) is 2.56. The molecule has 3 rings (SSSR count). The standard InChI is InChI=1S/C19H20O2/c20-18(16-7-2-1-3-8-16)11-6-9-15-13-14-21-19-12-5-4-10-17(15)19/h1-5,7-8,10,12,15H,6,9,11,13-14H2. The first-order valence-electron chi connectivity index (χ1n) is 7.64. The Bertz CT molecular complexity index is 604. The fourth-order valence-electron chi connectivity index (χ4n) is 2.99. The van der Waals surface area contributed by atoms with Crippen LogP contribution in [0, 0.1) is 0 Å². The number of benzene rings is 2. The van der Waals surface area contributed by atoms with Crippen molar-refractivity contribution in [1.82, 2.24) is 0 Å². The van der Waals surface area contributed by atoms with Crippen LogP contribution >= 0.6 is 0 Å². The van der Waals surface area contributed by atoms with Gasteiger partial charge in [-0.1, -0.05) is 48.5 Å². The van der Waals surface area contributed by atoms with Gasteiger partial charge in [-0.3, -0.25) is 4.79 Å². The maximum Gasteiger partial charge on any atom is 0.162 e. The number of hydrogen-bond acceptors (Lipinski definition) is 2. The molecule has 0 amide bonds. The molecule has 2 nitrogen and oxygen atoms in total. The molecule has 0 N–H and O–H groups in total. The van der Waals surface area contributed by atoms with Crippen molar-refractivity contribution in [2.75, 3.05) is 6.61 Å². The highest BCUT2D eigenvalue weighted by atomic mass is 16.5. The molecule has 0 aromatic heterocycles. The van der Waals surface area contributed by atoms with Gasteiger partial charge in [0.1, 0.15) is 5.75 Å². The van der Waals surface area contributed by atoms with E-state index in [1.807, 2.05) is 42.5 Å². The van der Waals surface area contributed by atoms with Crippen molar-refractivity contribution in [2.45, 2.75) is 31.6 Å². The predicted molar refractivity (Wildman–Crippen MR) is 83.9 cm³/mol. The van der Waals surface area contributed by atoms with Crippen LogP contribution in [0.4, 0.5) is 0 Å². The minimum absolute atomic E-state index is 0.246. The lowest BCUT2D eigenvalue weighted by Gasteiger charge is -2.25. The number of para-hydroxylation sites is 1. The highest BCUT2D eigenvalue weighted by Gasteiger charge is 2.20. The monoisotopic (exact) mass is 280 g/mol. The summed E-state index contributed by atoms with van der Waals surface area (Å²) in [7, 11) is 0. The van der Waals surface area contributed by atoms with Crippen LogP contribution in [0.2, 0.25) is 0 Å². The van der Waals surface area contributed by atoms with E-state index < -0.39 is 0 Å². The lowest BCUT2D eigenvalue weighted by molar-refractivity contribution is 0.0978. The predicted octanol–water partition coefficient (Wildman–Crippen LogP) is 4.61. The minimum Gasteiger partial charge on any atom is -0.493 e. The Balaban J connectivity index is 1.56. The van der Waals surface area contributed by atoms with Crippen LogP contribution < -0.4 is 4.74 Å². The van der Waals surface area contributed by atoms with E-state index in [2.05, 4.69) is 12.1 Å². The number of ketones is 1. The van der Waals surface area contributed by atoms with Crippen molar-refractivity contribution in [3.8, 4) is 5.75 Å². The summed E-state index contributed by atoms with van der Waals surface area (Å²) >= 11 is 0. The van der Waals surface area contributed by atoms with E-state index in [4.69, 9.17) is 4.74 Å².